The first-order chi connectivity index (χ1) is 12.7. The van der Waals surface area contributed by atoms with E-state index in [2.05, 4.69) is 10.3 Å². The van der Waals surface area contributed by atoms with Gasteiger partial charge in [0.25, 0.3) is 5.91 Å². The summed E-state index contributed by atoms with van der Waals surface area (Å²) in [4.78, 5) is 16.6. The Balaban J connectivity index is 0.00000261. The van der Waals surface area contributed by atoms with E-state index in [1.165, 1.54) is 24.2 Å². The van der Waals surface area contributed by atoms with E-state index in [1.807, 2.05) is 18.2 Å². The molecule has 27 heavy (non-hydrogen) atoms. The van der Waals surface area contributed by atoms with Gasteiger partial charge in [0, 0.05) is 18.3 Å². The highest BCUT2D eigenvalue weighted by Gasteiger charge is 2.19. The first kappa shape index (κ1) is 21.5. The summed E-state index contributed by atoms with van der Waals surface area (Å²) in [6.07, 6.45) is 5.53. The van der Waals surface area contributed by atoms with Crippen LogP contribution < -0.4 is 20.5 Å². The van der Waals surface area contributed by atoms with Crippen LogP contribution in [0, 0.1) is 0 Å². The van der Waals surface area contributed by atoms with Crippen LogP contribution in [0.15, 0.2) is 23.6 Å². The number of ether oxygens (including phenoxy) is 2. The van der Waals surface area contributed by atoms with Crippen LogP contribution >= 0.6 is 23.7 Å². The summed E-state index contributed by atoms with van der Waals surface area (Å²) in [6, 6.07) is 5.76. The topological polar surface area (TPSA) is 86.5 Å². The largest absolute Gasteiger partial charge is 0.493 e. The number of methoxy groups -OCH3 is 1. The molecule has 1 aromatic carbocycles. The maximum absolute atomic E-state index is 12.3. The van der Waals surface area contributed by atoms with E-state index in [0.29, 0.717) is 25.2 Å². The van der Waals surface area contributed by atoms with Crippen molar-refractivity contribution in [3.8, 4) is 11.5 Å². The second-order valence-electron chi connectivity index (χ2n) is 6.36. The lowest BCUT2D eigenvalue weighted by Gasteiger charge is -2.17. The third kappa shape index (κ3) is 5.82. The summed E-state index contributed by atoms with van der Waals surface area (Å²) in [6.45, 7) is 0.942. The van der Waals surface area contributed by atoms with Crippen LogP contribution in [-0.4, -0.2) is 30.6 Å². The summed E-state index contributed by atoms with van der Waals surface area (Å²) < 4.78 is 11.5. The third-order valence-electron chi connectivity index (χ3n) is 4.42. The number of rotatable bonds is 8. The van der Waals surface area contributed by atoms with Crippen molar-refractivity contribution in [1.29, 1.82) is 0 Å². The van der Waals surface area contributed by atoms with Crippen LogP contribution in [0.2, 0.25) is 0 Å². The van der Waals surface area contributed by atoms with E-state index >= 15 is 0 Å². The van der Waals surface area contributed by atoms with Crippen molar-refractivity contribution in [1.82, 2.24) is 10.3 Å². The zero-order chi connectivity index (χ0) is 18.4. The van der Waals surface area contributed by atoms with Crippen LogP contribution in [0.3, 0.4) is 0 Å². The summed E-state index contributed by atoms with van der Waals surface area (Å²) in [5.74, 6) is 1.28. The summed E-state index contributed by atoms with van der Waals surface area (Å²) >= 11 is 1.46. The molecule has 0 unspecified atom stereocenters. The fourth-order valence-electron chi connectivity index (χ4n) is 3.04. The molecular weight excluding hydrogens is 386 g/mol. The fraction of sp³-hybridized carbons (Fsp3) is 0.474. The van der Waals surface area contributed by atoms with Crippen molar-refractivity contribution in [2.24, 2.45) is 5.73 Å². The van der Waals surface area contributed by atoms with Gasteiger partial charge in [-0.15, -0.1) is 23.7 Å². The van der Waals surface area contributed by atoms with E-state index in [4.69, 9.17) is 15.2 Å². The highest BCUT2D eigenvalue weighted by atomic mass is 35.5. The Morgan fingerprint density at radius 2 is 2.11 bits per heavy atom. The third-order valence-corrected chi connectivity index (χ3v) is 5.33. The molecule has 1 amide bonds. The van der Waals surface area contributed by atoms with Gasteiger partial charge in [-0.25, -0.2) is 4.98 Å². The molecule has 1 aliphatic rings. The molecule has 2 aromatic rings. The van der Waals surface area contributed by atoms with Crippen LogP contribution in [0.5, 0.6) is 11.5 Å². The van der Waals surface area contributed by atoms with E-state index in [-0.39, 0.29) is 24.4 Å². The summed E-state index contributed by atoms with van der Waals surface area (Å²) in [5.41, 5.74) is 6.92. The van der Waals surface area contributed by atoms with Gasteiger partial charge in [0.15, 0.2) is 11.5 Å². The number of hydrogen-bond acceptors (Lipinski definition) is 6. The molecule has 6 nitrogen and oxygen atoms in total. The van der Waals surface area contributed by atoms with Crippen molar-refractivity contribution in [2.75, 3.05) is 13.7 Å². The zero-order valence-corrected chi connectivity index (χ0v) is 17.0. The average molecular weight is 412 g/mol. The first-order valence-electron chi connectivity index (χ1n) is 8.96. The predicted octanol–water partition coefficient (Wildman–Crippen LogP) is 3.33. The number of halogens is 1. The van der Waals surface area contributed by atoms with Gasteiger partial charge in [-0.3, -0.25) is 4.79 Å². The van der Waals surface area contributed by atoms with Gasteiger partial charge >= 0.3 is 0 Å². The monoisotopic (exact) mass is 411 g/mol. The standard InChI is InChI=1S/C19H25N3O3S.ClH/c1-24-16-7-6-13(10-17(16)25-14-4-2-3-5-14)11-21-19(23)15-12-26-18(22-15)8-9-20;/h6-7,10,12,14H,2-5,8-9,11,20H2,1H3,(H,21,23);1H. The molecule has 0 bridgehead atoms. The van der Waals surface area contributed by atoms with E-state index in [9.17, 15) is 4.79 Å². The van der Waals surface area contributed by atoms with E-state index in [1.54, 1.807) is 12.5 Å². The van der Waals surface area contributed by atoms with Crippen molar-refractivity contribution < 1.29 is 14.3 Å². The van der Waals surface area contributed by atoms with Crippen molar-refractivity contribution in [3.63, 3.8) is 0 Å². The molecule has 0 atom stereocenters. The fourth-order valence-corrected chi connectivity index (χ4v) is 3.83. The van der Waals surface area contributed by atoms with Crippen LogP contribution in [0.25, 0.3) is 0 Å². The molecule has 1 fully saturated rings. The molecule has 1 saturated carbocycles. The van der Waals surface area contributed by atoms with Crippen molar-refractivity contribution in [2.45, 2.75) is 44.8 Å². The maximum Gasteiger partial charge on any atom is 0.271 e. The number of nitrogens with two attached hydrogens (primary N) is 1. The molecule has 1 aliphatic carbocycles. The molecule has 0 spiro atoms. The number of thiazole rings is 1. The lowest BCUT2D eigenvalue weighted by Crippen LogP contribution is -2.23. The lowest BCUT2D eigenvalue weighted by molar-refractivity contribution is 0.0946. The Labute approximate surface area is 169 Å². The Hall–Kier alpha value is -1.83. The molecule has 3 rings (SSSR count). The van der Waals surface area contributed by atoms with Crippen molar-refractivity contribution >= 4 is 29.7 Å². The molecule has 1 heterocycles. The van der Waals surface area contributed by atoms with Gasteiger partial charge in [0.05, 0.1) is 18.2 Å². The normalized spacial score (nSPS) is 13.9. The minimum atomic E-state index is -0.182. The summed E-state index contributed by atoms with van der Waals surface area (Å²) in [5, 5.41) is 5.56. The number of nitrogens with zero attached hydrogens (tertiary/aromatic N) is 1. The van der Waals surface area contributed by atoms with Crippen LogP contribution in [-0.2, 0) is 13.0 Å². The second-order valence-corrected chi connectivity index (χ2v) is 7.30. The van der Waals surface area contributed by atoms with Crippen LogP contribution in [0.4, 0.5) is 0 Å². The Morgan fingerprint density at radius 3 is 2.81 bits per heavy atom. The lowest BCUT2D eigenvalue weighted by atomic mass is 10.2. The molecule has 148 valence electrons. The quantitative estimate of drug-likeness (QED) is 0.695. The number of hydrogen-bond donors (Lipinski definition) is 2. The molecule has 0 aliphatic heterocycles. The minimum absolute atomic E-state index is 0. The molecule has 0 saturated heterocycles. The molecule has 0 radical (unpaired) electrons. The van der Waals surface area contributed by atoms with Gasteiger partial charge in [-0.05, 0) is 49.9 Å². The highest BCUT2D eigenvalue weighted by Crippen LogP contribution is 2.32. The number of amides is 1. The van der Waals surface area contributed by atoms with E-state index < -0.39 is 0 Å². The smallest absolute Gasteiger partial charge is 0.271 e. The Bertz CT molecular complexity index is 748. The SMILES string of the molecule is COc1ccc(CNC(=O)c2csc(CCN)n2)cc1OC1CCCC1.Cl. The van der Waals surface area contributed by atoms with Gasteiger partial charge in [-0.2, -0.15) is 0 Å². The number of aromatic nitrogens is 1. The Kier molecular flexibility index (Phi) is 8.34. The van der Waals surface area contributed by atoms with Gasteiger partial charge < -0.3 is 20.5 Å². The van der Waals surface area contributed by atoms with E-state index in [0.717, 1.165) is 34.9 Å². The van der Waals surface area contributed by atoms with Gasteiger partial charge in [0.1, 0.15) is 5.69 Å². The number of carbonyl (C=O) groups excluding carboxylic acids is 1. The minimum Gasteiger partial charge on any atom is -0.493 e. The molecule has 8 heteroatoms. The van der Waals surface area contributed by atoms with Crippen LogP contribution in [0.1, 0.15) is 46.7 Å². The number of benzene rings is 1. The maximum atomic E-state index is 12.3. The highest BCUT2D eigenvalue weighted by molar-refractivity contribution is 7.09. The second kappa shape index (κ2) is 10.5. The molecule has 3 N–H and O–H groups in total. The van der Waals surface area contributed by atoms with Gasteiger partial charge in [0.2, 0.25) is 0 Å². The number of nitrogens with one attached hydrogen (secondary N) is 1. The Morgan fingerprint density at radius 1 is 1.33 bits per heavy atom. The van der Waals surface area contributed by atoms with Gasteiger partial charge in [-0.1, -0.05) is 6.07 Å². The predicted molar refractivity (Wildman–Crippen MR) is 109 cm³/mol. The first-order valence-corrected chi connectivity index (χ1v) is 9.84. The average Bonchev–Trinajstić information content (AvgIpc) is 3.32. The molecular formula is C19H26ClN3O3S. The summed E-state index contributed by atoms with van der Waals surface area (Å²) in [7, 11) is 1.64. The van der Waals surface area contributed by atoms with Crippen molar-refractivity contribution in [3.05, 3.63) is 39.8 Å². The molecule has 1 aromatic heterocycles. The zero-order valence-electron chi connectivity index (χ0n) is 15.4. The number of carbonyl (C=O) groups is 1.